The molecule has 1 aromatic carbocycles. The van der Waals surface area contributed by atoms with Gasteiger partial charge in [0.15, 0.2) is 0 Å². The minimum atomic E-state index is 0.182. The Morgan fingerprint density at radius 2 is 1.89 bits per heavy atom. The van der Waals surface area contributed by atoms with Gasteiger partial charge in [-0.15, -0.1) is 0 Å². The van der Waals surface area contributed by atoms with E-state index in [4.69, 9.17) is 0 Å². The zero-order chi connectivity index (χ0) is 6.53. The van der Waals surface area contributed by atoms with E-state index in [2.05, 4.69) is 24.0 Å². The Morgan fingerprint density at radius 1 is 1.22 bits per heavy atom. The standard InChI is InChI=1S/C8H8Si/c1-2-9-8-6-4-3-5-7-8/h3-7,9H,1H2. The maximum absolute atomic E-state index is 3.57. The zero-order valence-electron chi connectivity index (χ0n) is 5.17. The molecule has 1 rings (SSSR count). The zero-order valence-corrected chi connectivity index (χ0v) is 6.33. The lowest BCUT2D eigenvalue weighted by molar-refractivity contribution is 1.77. The summed E-state index contributed by atoms with van der Waals surface area (Å²) in [4.78, 5) is 0. The third kappa shape index (κ3) is 1.80. The largest absolute Gasteiger partial charge is 0.162 e. The summed E-state index contributed by atoms with van der Waals surface area (Å²) in [5, 5.41) is 4.27. The first-order valence-corrected chi connectivity index (χ1v) is 4.00. The maximum Gasteiger partial charge on any atom is 0.0832 e. The summed E-state index contributed by atoms with van der Waals surface area (Å²) < 4.78 is 0. The van der Waals surface area contributed by atoms with E-state index in [0.717, 1.165) is 0 Å². The molecule has 0 bridgehead atoms. The molecule has 0 aromatic heterocycles. The van der Waals surface area contributed by atoms with Crippen molar-refractivity contribution in [1.82, 2.24) is 0 Å². The molecule has 0 aliphatic carbocycles. The highest BCUT2D eigenvalue weighted by molar-refractivity contribution is 6.59. The number of hydrogen-bond donors (Lipinski definition) is 0. The maximum atomic E-state index is 3.57. The second kappa shape index (κ2) is 3.18. The summed E-state index contributed by atoms with van der Waals surface area (Å²) in [5.74, 6) is 0. The van der Waals surface area contributed by atoms with Crippen molar-refractivity contribution in [1.29, 1.82) is 0 Å². The molecule has 0 N–H and O–H groups in total. The fourth-order valence-electron chi connectivity index (χ4n) is 0.667. The lowest BCUT2D eigenvalue weighted by atomic mass is 10.4. The van der Waals surface area contributed by atoms with Crippen LogP contribution in [0.4, 0.5) is 0 Å². The second-order valence-corrected chi connectivity index (χ2v) is 3.12. The molecule has 0 nitrogen and oxygen atoms in total. The summed E-state index contributed by atoms with van der Waals surface area (Å²) in [6.07, 6.45) is 0. The van der Waals surface area contributed by atoms with E-state index in [1.165, 1.54) is 5.19 Å². The van der Waals surface area contributed by atoms with Gasteiger partial charge < -0.3 is 0 Å². The highest BCUT2D eigenvalue weighted by atomic mass is 28.2. The van der Waals surface area contributed by atoms with Gasteiger partial charge in [0.1, 0.15) is 0 Å². The lowest BCUT2D eigenvalue weighted by Gasteiger charge is -1.84. The molecule has 0 radical (unpaired) electrons. The molecule has 0 saturated heterocycles. The highest BCUT2D eigenvalue weighted by Gasteiger charge is 1.78. The Morgan fingerprint density at radius 3 is 2.44 bits per heavy atom. The van der Waals surface area contributed by atoms with Crippen LogP contribution in [0.1, 0.15) is 0 Å². The van der Waals surface area contributed by atoms with Gasteiger partial charge in [0, 0.05) is 0 Å². The predicted molar refractivity (Wildman–Crippen MR) is 43.9 cm³/mol. The van der Waals surface area contributed by atoms with Gasteiger partial charge in [0.2, 0.25) is 0 Å². The van der Waals surface area contributed by atoms with Crippen LogP contribution in [0.5, 0.6) is 0 Å². The Balaban J connectivity index is 2.97. The van der Waals surface area contributed by atoms with E-state index in [9.17, 15) is 0 Å². The Kier molecular flexibility index (Phi) is 2.19. The van der Waals surface area contributed by atoms with Crippen LogP contribution in [-0.2, 0) is 0 Å². The van der Waals surface area contributed by atoms with Crippen molar-refractivity contribution < 1.29 is 0 Å². The second-order valence-electron chi connectivity index (χ2n) is 1.76. The Hall–Kier alpha value is -0.913. The van der Waals surface area contributed by atoms with Gasteiger partial charge in [0.05, 0.1) is 9.13 Å². The third-order valence-electron chi connectivity index (χ3n) is 1.07. The molecule has 0 aliphatic rings. The lowest BCUT2D eigenvalue weighted by Crippen LogP contribution is -2.04. The molecular formula is C8H8Si. The first-order chi connectivity index (χ1) is 4.43. The van der Waals surface area contributed by atoms with Gasteiger partial charge in [-0.3, -0.25) is 0 Å². The molecule has 0 spiro atoms. The van der Waals surface area contributed by atoms with Gasteiger partial charge in [-0.1, -0.05) is 36.9 Å². The SMILES string of the molecule is C=C=[SiH]c1ccccc1. The van der Waals surface area contributed by atoms with E-state index < -0.39 is 0 Å². The average molecular weight is 132 g/mol. The number of benzene rings is 1. The van der Waals surface area contributed by atoms with E-state index in [0.29, 0.717) is 0 Å². The normalized spacial score (nSPS) is 8.00. The summed E-state index contributed by atoms with van der Waals surface area (Å²) in [6.45, 7) is 3.57. The minimum absolute atomic E-state index is 0.182. The van der Waals surface area contributed by atoms with Gasteiger partial charge >= 0.3 is 0 Å². The molecule has 0 amide bonds. The Bertz CT molecular complexity index is 220. The van der Waals surface area contributed by atoms with Crippen molar-refractivity contribution in [3.63, 3.8) is 0 Å². The fourth-order valence-corrected chi connectivity index (χ4v) is 1.32. The summed E-state index contributed by atoms with van der Waals surface area (Å²) >= 11 is 0. The van der Waals surface area contributed by atoms with Crippen molar-refractivity contribution in [3.8, 4) is 0 Å². The predicted octanol–water partition coefficient (Wildman–Crippen LogP) is 0.336. The fraction of sp³-hybridized carbons (Fsp3) is 0. The van der Waals surface area contributed by atoms with Crippen LogP contribution < -0.4 is 5.19 Å². The summed E-state index contributed by atoms with van der Waals surface area (Å²) in [6, 6.07) is 10.3. The van der Waals surface area contributed by atoms with Gasteiger partial charge in [-0.05, 0) is 5.19 Å². The molecule has 44 valence electrons. The van der Waals surface area contributed by atoms with Gasteiger partial charge in [-0.2, -0.15) is 5.33 Å². The van der Waals surface area contributed by atoms with E-state index >= 15 is 0 Å². The van der Waals surface area contributed by atoms with Crippen molar-refractivity contribution in [2.24, 2.45) is 0 Å². The van der Waals surface area contributed by atoms with Crippen LogP contribution in [0.25, 0.3) is 0 Å². The van der Waals surface area contributed by atoms with Crippen molar-refractivity contribution in [2.45, 2.75) is 0 Å². The molecule has 0 heterocycles. The monoisotopic (exact) mass is 132 g/mol. The number of rotatable bonds is 1. The van der Waals surface area contributed by atoms with Crippen molar-refractivity contribution >= 4 is 19.6 Å². The first kappa shape index (κ1) is 6.21. The molecule has 9 heavy (non-hydrogen) atoms. The molecular weight excluding hydrogens is 124 g/mol. The smallest absolute Gasteiger partial charge is 0.0832 e. The van der Waals surface area contributed by atoms with Crippen LogP contribution in [0.15, 0.2) is 36.9 Å². The summed E-state index contributed by atoms with van der Waals surface area (Å²) in [5.41, 5.74) is 0. The Labute approximate surface area is 57.3 Å². The quantitative estimate of drug-likeness (QED) is 0.483. The van der Waals surface area contributed by atoms with E-state index in [1.807, 2.05) is 18.2 Å². The first-order valence-electron chi connectivity index (χ1n) is 2.84. The third-order valence-corrected chi connectivity index (χ3v) is 1.99. The molecule has 0 fully saturated rings. The van der Waals surface area contributed by atoms with Crippen LogP contribution in [-0.4, -0.2) is 14.5 Å². The van der Waals surface area contributed by atoms with E-state index in [1.54, 1.807) is 0 Å². The van der Waals surface area contributed by atoms with Crippen LogP contribution in [0.2, 0.25) is 0 Å². The molecule has 1 aromatic rings. The topological polar surface area (TPSA) is 0 Å². The molecule has 0 saturated carbocycles. The van der Waals surface area contributed by atoms with E-state index in [-0.39, 0.29) is 9.13 Å². The summed E-state index contributed by atoms with van der Waals surface area (Å²) in [7, 11) is 0.182. The van der Waals surface area contributed by atoms with Crippen molar-refractivity contribution in [3.05, 3.63) is 36.9 Å². The molecule has 0 aliphatic heterocycles. The van der Waals surface area contributed by atoms with Crippen LogP contribution >= 0.6 is 0 Å². The number of hydrogen-bond acceptors (Lipinski definition) is 0. The molecule has 0 unspecified atom stereocenters. The molecule has 1 heteroatoms. The molecule has 0 atom stereocenters. The average Bonchev–Trinajstić information content (AvgIpc) is 1.91. The van der Waals surface area contributed by atoms with Crippen LogP contribution in [0, 0.1) is 0 Å². The highest BCUT2D eigenvalue weighted by Crippen LogP contribution is 1.77. The van der Waals surface area contributed by atoms with Crippen molar-refractivity contribution in [2.75, 3.05) is 0 Å². The van der Waals surface area contributed by atoms with Gasteiger partial charge in [0.25, 0.3) is 0 Å². The minimum Gasteiger partial charge on any atom is -0.162 e. The van der Waals surface area contributed by atoms with Crippen LogP contribution in [0.3, 0.4) is 0 Å². The van der Waals surface area contributed by atoms with Gasteiger partial charge in [-0.25, -0.2) is 0 Å².